The summed E-state index contributed by atoms with van der Waals surface area (Å²) in [6.07, 6.45) is 3.60. The van der Waals surface area contributed by atoms with Gasteiger partial charge in [-0.2, -0.15) is 4.31 Å². The average molecular weight is 244 g/mol. The van der Waals surface area contributed by atoms with Crippen LogP contribution >= 0.6 is 0 Å². The Hall–Kier alpha value is -0.920. The molecule has 1 aliphatic rings. The summed E-state index contributed by atoms with van der Waals surface area (Å²) in [6.45, 7) is 1.12. The van der Waals surface area contributed by atoms with Crippen LogP contribution in [-0.2, 0) is 10.0 Å². The normalized spacial score (nSPS) is 23.1. The molecule has 0 spiro atoms. The molecular weight excluding hydrogens is 228 g/mol. The Labute approximate surface area is 95.3 Å². The van der Waals surface area contributed by atoms with Gasteiger partial charge in [0, 0.05) is 19.1 Å². The van der Waals surface area contributed by atoms with Crippen molar-refractivity contribution in [3.8, 4) is 0 Å². The van der Waals surface area contributed by atoms with Crippen LogP contribution in [0.25, 0.3) is 0 Å². The van der Waals surface area contributed by atoms with Gasteiger partial charge in [-0.15, -0.1) is 0 Å². The summed E-state index contributed by atoms with van der Waals surface area (Å²) in [5, 5.41) is 0.173. The van der Waals surface area contributed by atoms with Gasteiger partial charge in [-0.3, -0.25) is 0 Å². The lowest BCUT2D eigenvalue weighted by Gasteiger charge is -2.19. The van der Waals surface area contributed by atoms with Crippen LogP contribution in [0.5, 0.6) is 0 Å². The van der Waals surface area contributed by atoms with E-state index in [0.717, 1.165) is 6.42 Å². The van der Waals surface area contributed by atoms with E-state index >= 15 is 0 Å². The fourth-order valence-corrected chi connectivity index (χ4v) is 3.26. The fourth-order valence-electron chi connectivity index (χ4n) is 1.87. The second-order valence-corrected chi connectivity index (χ2v) is 6.09. The largest absolute Gasteiger partial charge is 0.335 e. The van der Waals surface area contributed by atoms with E-state index in [2.05, 4.69) is 14.9 Å². The number of nitrogens with zero attached hydrogens (tertiary/aromatic N) is 3. The summed E-state index contributed by atoms with van der Waals surface area (Å²) in [4.78, 5) is 8.44. The third kappa shape index (κ3) is 1.98. The van der Waals surface area contributed by atoms with Gasteiger partial charge >= 0.3 is 0 Å². The van der Waals surface area contributed by atoms with Crippen molar-refractivity contribution in [2.45, 2.75) is 17.5 Å². The lowest BCUT2D eigenvalue weighted by Crippen LogP contribution is -2.34. The van der Waals surface area contributed by atoms with Crippen LogP contribution in [0.4, 0.5) is 0 Å². The van der Waals surface area contributed by atoms with Crippen LogP contribution in [0.1, 0.15) is 6.42 Å². The van der Waals surface area contributed by atoms with E-state index in [4.69, 9.17) is 0 Å². The molecule has 1 aromatic rings. The van der Waals surface area contributed by atoms with E-state index in [1.54, 1.807) is 0 Å². The number of sulfonamides is 1. The van der Waals surface area contributed by atoms with E-state index in [0.29, 0.717) is 19.1 Å². The van der Waals surface area contributed by atoms with E-state index in [1.165, 1.54) is 16.8 Å². The van der Waals surface area contributed by atoms with Gasteiger partial charge in [-0.05, 0) is 20.5 Å². The predicted molar refractivity (Wildman–Crippen MR) is 59.4 cm³/mol. The van der Waals surface area contributed by atoms with Crippen molar-refractivity contribution < 1.29 is 8.42 Å². The third-order valence-corrected chi connectivity index (χ3v) is 4.74. The SMILES string of the molecule is CN(C)C1CCN(S(=O)(=O)c2cnc[nH]2)C1. The first-order chi connectivity index (χ1) is 7.51. The lowest BCUT2D eigenvalue weighted by molar-refractivity contribution is 0.302. The Kier molecular flexibility index (Phi) is 3.00. The number of hydrogen-bond donors (Lipinski definition) is 1. The second kappa shape index (κ2) is 4.15. The summed E-state index contributed by atoms with van der Waals surface area (Å²) in [6, 6.07) is 0.303. The molecule has 16 heavy (non-hydrogen) atoms. The predicted octanol–water partition coefficient (Wildman–Crippen LogP) is -0.266. The highest BCUT2D eigenvalue weighted by molar-refractivity contribution is 7.89. The molecule has 1 N–H and O–H groups in total. The Bertz CT molecular complexity index is 440. The van der Waals surface area contributed by atoms with Crippen LogP contribution in [0.3, 0.4) is 0 Å². The zero-order valence-electron chi connectivity index (χ0n) is 9.42. The summed E-state index contributed by atoms with van der Waals surface area (Å²) in [7, 11) is 0.565. The highest BCUT2D eigenvalue weighted by atomic mass is 32.2. The maximum absolute atomic E-state index is 12.1. The van der Waals surface area contributed by atoms with Gasteiger partial charge in [0.2, 0.25) is 0 Å². The Morgan fingerprint density at radius 2 is 2.31 bits per heavy atom. The minimum absolute atomic E-state index is 0.173. The average Bonchev–Trinajstić information content (AvgIpc) is 2.90. The van der Waals surface area contributed by atoms with E-state index in [9.17, 15) is 8.42 Å². The molecule has 0 aromatic carbocycles. The maximum Gasteiger partial charge on any atom is 0.260 e. The van der Waals surface area contributed by atoms with Crippen molar-refractivity contribution in [3.05, 3.63) is 12.5 Å². The number of nitrogens with one attached hydrogen (secondary N) is 1. The van der Waals surface area contributed by atoms with Gasteiger partial charge in [-0.1, -0.05) is 0 Å². The minimum Gasteiger partial charge on any atom is -0.335 e. The summed E-state index contributed by atoms with van der Waals surface area (Å²) in [5.74, 6) is 0. The molecule has 1 saturated heterocycles. The highest BCUT2D eigenvalue weighted by Crippen LogP contribution is 2.20. The van der Waals surface area contributed by atoms with Crippen molar-refractivity contribution in [2.75, 3.05) is 27.2 Å². The van der Waals surface area contributed by atoms with E-state index in [1.807, 2.05) is 14.1 Å². The second-order valence-electron chi connectivity index (χ2n) is 4.19. The quantitative estimate of drug-likeness (QED) is 0.795. The number of aromatic amines is 1. The number of aromatic nitrogens is 2. The molecule has 1 aromatic heterocycles. The molecule has 0 aliphatic carbocycles. The number of imidazole rings is 1. The molecule has 90 valence electrons. The van der Waals surface area contributed by atoms with Crippen molar-refractivity contribution in [1.82, 2.24) is 19.2 Å². The number of hydrogen-bond acceptors (Lipinski definition) is 4. The monoisotopic (exact) mass is 244 g/mol. The summed E-state index contributed by atoms with van der Waals surface area (Å²) in [5.41, 5.74) is 0. The molecule has 0 amide bonds. The maximum atomic E-state index is 12.1. The van der Waals surface area contributed by atoms with Gasteiger partial charge in [0.15, 0.2) is 5.03 Å². The van der Waals surface area contributed by atoms with Crippen LogP contribution in [0, 0.1) is 0 Å². The Morgan fingerprint density at radius 3 is 2.81 bits per heavy atom. The van der Waals surface area contributed by atoms with E-state index in [-0.39, 0.29) is 5.03 Å². The Morgan fingerprint density at radius 1 is 1.56 bits per heavy atom. The van der Waals surface area contributed by atoms with E-state index < -0.39 is 10.0 Å². The minimum atomic E-state index is -3.37. The zero-order chi connectivity index (χ0) is 11.8. The number of H-pyrrole nitrogens is 1. The van der Waals surface area contributed by atoms with Gasteiger partial charge in [0.1, 0.15) is 0 Å². The Balaban J connectivity index is 2.16. The van der Waals surface area contributed by atoms with Crippen LogP contribution in [0.15, 0.2) is 17.6 Å². The molecule has 7 heteroatoms. The first-order valence-corrected chi connectivity index (χ1v) is 6.61. The topological polar surface area (TPSA) is 69.3 Å². The van der Waals surface area contributed by atoms with Gasteiger partial charge in [-0.25, -0.2) is 13.4 Å². The molecule has 1 unspecified atom stereocenters. The summed E-state index contributed by atoms with van der Waals surface area (Å²) < 4.78 is 25.7. The first kappa shape index (κ1) is 11.6. The molecule has 0 saturated carbocycles. The van der Waals surface area contributed by atoms with Gasteiger partial charge < -0.3 is 9.88 Å². The van der Waals surface area contributed by atoms with Crippen molar-refractivity contribution >= 4 is 10.0 Å². The van der Waals surface area contributed by atoms with Crippen molar-refractivity contribution in [3.63, 3.8) is 0 Å². The molecule has 0 bridgehead atoms. The molecule has 2 rings (SSSR count). The van der Waals surface area contributed by atoms with Gasteiger partial charge in [0.05, 0.1) is 12.5 Å². The molecule has 1 fully saturated rings. The standard InChI is InChI=1S/C9H16N4O2S/c1-12(2)8-3-4-13(6-8)16(14,15)9-5-10-7-11-9/h5,7-8H,3-4,6H2,1-2H3,(H,10,11). The third-order valence-electron chi connectivity index (χ3n) is 2.95. The van der Waals surface area contributed by atoms with Crippen LogP contribution in [0.2, 0.25) is 0 Å². The smallest absolute Gasteiger partial charge is 0.260 e. The molecule has 1 aliphatic heterocycles. The number of rotatable bonds is 3. The molecule has 0 radical (unpaired) electrons. The van der Waals surface area contributed by atoms with Crippen LogP contribution in [-0.4, -0.2) is 60.8 Å². The molecular formula is C9H16N4O2S. The number of likely N-dealkylation sites (N-methyl/N-ethyl adjacent to an activating group) is 1. The van der Waals surface area contributed by atoms with Crippen LogP contribution < -0.4 is 0 Å². The fraction of sp³-hybridized carbons (Fsp3) is 0.667. The molecule has 6 nitrogen and oxygen atoms in total. The summed E-state index contributed by atoms with van der Waals surface area (Å²) >= 11 is 0. The van der Waals surface area contributed by atoms with Crippen molar-refractivity contribution in [2.24, 2.45) is 0 Å². The van der Waals surface area contributed by atoms with Gasteiger partial charge in [0.25, 0.3) is 10.0 Å². The first-order valence-electron chi connectivity index (χ1n) is 5.17. The highest BCUT2D eigenvalue weighted by Gasteiger charge is 2.33. The molecule has 2 heterocycles. The van der Waals surface area contributed by atoms with Crippen molar-refractivity contribution in [1.29, 1.82) is 0 Å². The lowest BCUT2D eigenvalue weighted by atomic mass is 10.2. The zero-order valence-corrected chi connectivity index (χ0v) is 10.2. The molecule has 1 atom stereocenters.